The number of hydrogen-bond acceptors (Lipinski definition) is 3. The summed E-state index contributed by atoms with van der Waals surface area (Å²) in [6.45, 7) is 2.98. The van der Waals surface area contributed by atoms with Crippen LogP contribution in [0, 0.1) is 0 Å². The van der Waals surface area contributed by atoms with Gasteiger partial charge in [0, 0.05) is 32.6 Å². The van der Waals surface area contributed by atoms with E-state index in [2.05, 4.69) is 47.6 Å². The van der Waals surface area contributed by atoms with Crippen molar-refractivity contribution in [2.75, 3.05) is 0 Å². The summed E-state index contributed by atoms with van der Waals surface area (Å²) < 4.78 is 3.86. The Kier molecular flexibility index (Phi) is 4.86. The van der Waals surface area contributed by atoms with Gasteiger partial charge in [-0.3, -0.25) is 9.36 Å². The van der Waals surface area contributed by atoms with Crippen LogP contribution in [0.5, 0.6) is 0 Å². The molecule has 3 rings (SSSR count). The van der Waals surface area contributed by atoms with E-state index in [-0.39, 0.29) is 0 Å². The van der Waals surface area contributed by atoms with Gasteiger partial charge in [-0.25, -0.2) is 4.98 Å². The Morgan fingerprint density at radius 2 is 1.74 bits per heavy atom. The predicted octanol–water partition coefficient (Wildman–Crippen LogP) is 2.60. The molecule has 2 heterocycles. The van der Waals surface area contributed by atoms with Crippen molar-refractivity contribution < 1.29 is 0 Å². The van der Waals surface area contributed by atoms with Crippen LogP contribution >= 0.6 is 0 Å². The highest BCUT2D eigenvalue weighted by atomic mass is 15.3. The van der Waals surface area contributed by atoms with E-state index < -0.39 is 0 Å². The lowest BCUT2D eigenvalue weighted by Gasteiger charge is -2.00. The molecule has 0 amide bonds. The molecule has 5 heteroatoms. The highest BCUT2D eigenvalue weighted by molar-refractivity contribution is 5.15. The van der Waals surface area contributed by atoms with E-state index in [4.69, 9.17) is 4.98 Å². The first-order valence-corrected chi connectivity index (χ1v) is 8.18. The molecule has 0 unspecified atom stereocenters. The lowest BCUT2D eigenvalue weighted by molar-refractivity contribution is 0.606. The van der Waals surface area contributed by atoms with Gasteiger partial charge in [-0.15, -0.1) is 0 Å². The molecule has 0 N–H and O–H groups in total. The van der Waals surface area contributed by atoms with Crippen LogP contribution in [0.1, 0.15) is 29.7 Å². The third-order valence-electron chi connectivity index (χ3n) is 3.97. The van der Waals surface area contributed by atoms with E-state index in [1.807, 2.05) is 28.7 Å². The lowest BCUT2D eigenvalue weighted by Crippen LogP contribution is -2.05. The third-order valence-corrected chi connectivity index (χ3v) is 3.97. The Morgan fingerprint density at radius 3 is 2.43 bits per heavy atom. The van der Waals surface area contributed by atoms with Crippen LogP contribution in [0.3, 0.4) is 0 Å². The van der Waals surface area contributed by atoms with E-state index in [0.29, 0.717) is 0 Å². The van der Waals surface area contributed by atoms with Crippen LogP contribution in [0.15, 0.2) is 42.7 Å². The van der Waals surface area contributed by atoms with Crippen molar-refractivity contribution in [3.63, 3.8) is 0 Å². The van der Waals surface area contributed by atoms with Crippen LogP contribution in [-0.4, -0.2) is 24.5 Å². The van der Waals surface area contributed by atoms with Gasteiger partial charge in [0.2, 0.25) is 0 Å². The minimum absolute atomic E-state index is 0.862. The minimum atomic E-state index is 0.862. The molecule has 0 aliphatic heterocycles. The summed E-state index contributed by atoms with van der Waals surface area (Å²) >= 11 is 0. The standard InChI is InChI=1S/C18H23N5/c1-3-23-18(12-10-16-13-19-22(2)14-16)20-17(21-23)11-9-15-7-5-4-6-8-15/h4-8,13-14H,3,9-12H2,1-2H3. The predicted molar refractivity (Wildman–Crippen MR) is 90.2 cm³/mol. The summed E-state index contributed by atoms with van der Waals surface area (Å²) in [7, 11) is 1.94. The number of rotatable bonds is 7. The first-order chi connectivity index (χ1) is 11.2. The first kappa shape index (κ1) is 15.5. The Hall–Kier alpha value is -2.43. The number of aryl methyl sites for hydroxylation is 6. The summed E-state index contributed by atoms with van der Waals surface area (Å²) in [6, 6.07) is 10.5. The van der Waals surface area contributed by atoms with E-state index in [1.165, 1.54) is 11.1 Å². The fourth-order valence-corrected chi connectivity index (χ4v) is 2.73. The van der Waals surface area contributed by atoms with Gasteiger partial charge in [0.25, 0.3) is 0 Å². The number of benzene rings is 1. The Morgan fingerprint density at radius 1 is 0.957 bits per heavy atom. The van der Waals surface area contributed by atoms with Crippen LogP contribution in [-0.2, 0) is 39.3 Å². The Bertz CT molecular complexity index is 742. The Balaban J connectivity index is 1.63. The number of aromatic nitrogens is 5. The van der Waals surface area contributed by atoms with Gasteiger partial charge in [-0.2, -0.15) is 10.2 Å². The molecule has 0 aliphatic rings. The zero-order chi connectivity index (χ0) is 16.1. The van der Waals surface area contributed by atoms with E-state index in [0.717, 1.165) is 43.9 Å². The van der Waals surface area contributed by atoms with E-state index >= 15 is 0 Å². The largest absolute Gasteiger partial charge is 0.276 e. The third kappa shape index (κ3) is 4.06. The second kappa shape index (κ2) is 7.22. The SMILES string of the molecule is CCn1nc(CCc2ccccc2)nc1CCc1cnn(C)c1. The summed E-state index contributed by atoms with van der Waals surface area (Å²) in [5.41, 5.74) is 2.57. The van der Waals surface area contributed by atoms with Crippen molar-refractivity contribution in [3.8, 4) is 0 Å². The van der Waals surface area contributed by atoms with Crippen molar-refractivity contribution in [2.24, 2.45) is 7.05 Å². The molecule has 0 fully saturated rings. The van der Waals surface area contributed by atoms with Crippen LogP contribution in [0.25, 0.3) is 0 Å². The van der Waals surface area contributed by atoms with Crippen molar-refractivity contribution >= 4 is 0 Å². The average molecular weight is 309 g/mol. The number of nitrogens with zero attached hydrogens (tertiary/aromatic N) is 5. The molecule has 0 aliphatic carbocycles. The molecule has 0 radical (unpaired) electrons. The number of hydrogen-bond donors (Lipinski definition) is 0. The fraction of sp³-hybridized carbons (Fsp3) is 0.389. The molecule has 2 aromatic heterocycles. The molecule has 3 aromatic rings. The molecule has 0 bridgehead atoms. The lowest BCUT2D eigenvalue weighted by atomic mass is 10.1. The average Bonchev–Trinajstić information content (AvgIpc) is 3.17. The van der Waals surface area contributed by atoms with Crippen LogP contribution in [0.2, 0.25) is 0 Å². The first-order valence-electron chi connectivity index (χ1n) is 8.18. The summed E-state index contributed by atoms with van der Waals surface area (Å²) in [6.07, 6.45) is 7.70. The molecular weight excluding hydrogens is 286 g/mol. The van der Waals surface area contributed by atoms with Crippen molar-refractivity contribution in [1.82, 2.24) is 24.5 Å². The topological polar surface area (TPSA) is 48.5 Å². The van der Waals surface area contributed by atoms with Gasteiger partial charge in [0.1, 0.15) is 5.82 Å². The molecule has 0 atom stereocenters. The van der Waals surface area contributed by atoms with E-state index in [9.17, 15) is 0 Å². The molecule has 23 heavy (non-hydrogen) atoms. The molecule has 0 saturated carbocycles. The quantitative estimate of drug-likeness (QED) is 0.674. The van der Waals surface area contributed by atoms with Gasteiger partial charge in [-0.05, 0) is 30.9 Å². The smallest absolute Gasteiger partial charge is 0.151 e. The summed E-state index contributed by atoms with van der Waals surface area (Å²) in [4.78, 5) is 4.74. The maximum absolute atomic E-state index is 4.74. The van der Waals surface area contributed by atoms with Gasteiger partial charge < -0.3 is 0 Å². The normalized spacial score (nSPS) is 11.0. The second-order valence-electron chi connectivity index (χ2n) is 5.77. The zero-order valence-electron chi connectivity index (χ0n) is 13.8. The summed E-state index contributed by atoms with van der Waals surface area (Å²) in [5.74, 6) is 2.01. The summed E-state index contributed by atoms with van der Waals surface area (Å²) in [5, 5.41) is 8.86. The van der Waals surface area contributed by atoms with Gasteiger partial charge in [0.15, 0.2) is 5.82 Å². The molecule has 120 valence electrons. The molecule has 1 aromatic carbocycles. The monoisotopic (exact) mass is 309 g/mol. The maximum Gasteiger partial charge on any atom is 0.151 e. The van der Waals surface area contributed by atoms with Gasteiger partial charge in [0.05, 0.1) is 6.20 Å². The van der Waals surface area contributed by atoms with Gasteiger partial charge >= 0.3 is 0 Å². The van der Waals surface area contributed by atoms with Gasteiger partial charge in [-0.1, -0.05) is 30.3 Å². The Labute approximate surface area is 137 Å². The van der Waals surface area contributed by atoms with Crippen LogP contribution < -0.4 is 0 Å². The molecular formula is C18H23N5. The zero-order valence-corrected chi connectivity index (χ0v) is 13.8. The van der Waals surface area contributed by atoms with Crippen molar-refractivity contribution in [2.45, 2.75) is 39.2 Å². The maximum atomic E-state index is 4.74. The highest BCUT2D eigenvalue weighted by Crippen LogP contribution is 2.09. The van der Waals surface area contributed by atoms with E-state index in [1.54, 1.807) is 0 Å². The molecule has 0 saturated heterocycles. The molecule has 0 spiro atoms. The van der Waals surface area contributed by atoms with Crippen molar-refractivity contribution in [1.29, 1.82) is 0 Å². The minimum Gasteiger partial charge on any atom is -0.276 e. The fourth-order valence-electron chi connectivity index (χ4n) is 2.73. The van der Waals surface area contributed by atoms with Crippen LogP contribution in [0.4, 0.5) is 0 Å². The molecule has 5 nitrogen and oxygen atoms in total. The highest BCUT2D eigenvalue weighted by Gasteiger charge is 2.09. The van der Waals surface area contributed by atoms with Crippen molar-refractivity contribution in [3.05, 3.63) is 65.5 Å². The second-order valence-corrected chi connectivity index (χ2v) is 5.77.